The van der Waals surface area contributed by atoms with E-state index in [1.165, 1.54) is 50.1 Å². The minimum atomic E-state index is -0.00583. The zero-order valence-electron chi connectivity index (χ0n) is 25.5. The Morgan fingerprint density at radius 1 is 0.556 bits per heavy atom. The van der Waals surface area contributed by atoms with Crippen molar-refractivity contribution in [1.82, 2.24) is 9.97 Å². The second-order valence-electron chi connectivity index (χ2n) is 13.0. The monoisotopic (exact) mass is 576 g/mol. The molecule has 0 radical (unpaired) electrons. The predicted octanol–water partition coefficient (Wildman–Crippen LogP) is 10.6. The number of para-hydroxylation sites is 1. The normalized spacial score (nSPS) is 15.6. The first-order valence-corrected chi connectivity index (χ1v) is 15.9. The third-order valence-electron chi connectivity index (χ3n) is 10.1. The van der Waals surface area contributed by atoms with Gasteiger partial charge in [0.15, 0.2) is 5.82 Å². The highest BCUT2D eigenvalue weighted by Crippen LogP contribution is 2.53. The molecule has 45 heavy (non-hydrogen) atoms. The van der Waals surface area contributed by atoms with Crippen molar-refractivity contribution in [1.29, 1.82) is 0 Å². The van der Waals surface area contributed by atoms with Crippen molar-refractivity contribution in [2.75, 3.05) is 0 Å². The molecular weight excluding hydrogens is 544 g/mol. The smallest absolute Gasteiger partial charge is 0.160 e. The average Bonchev–Trinajstić information content (AvgIpc) is 3.32. The van der Waals surface area contributed by atoms with Crippen LogP contribution in [0.25, 0.3) is 55.8 Å². The minimum Gasteiger partial charge on any atom is -0.228 e. The molecule has 0 saturated heterocycles. The average molecular weight is 577 g/mol. The van der Waals surface area contributed by atoms with Crippen LogP contribution in [0.4, 0.5) is 0 Å². The Labute approximate surface area is 264 Å². The lowest BCUT2D eigenvalue weighted by Crippen LogP contribution is -2.17. The standard InChI is InChI=1S/C43H32N2/c1-43(2)38-18-10-8-16-33(38)37-25-30-24-35(31-14-6-7-15-32(31)36(30)26-39(37)43)27-20-22-28(23-21-27)41-34-17-9-11-19-40(34)44-42(45-41)29-12-4-3-5-13-29/h3-23,25-26,35H,24H2,1-2H3. The highest BCUT2D eigenvalue weighted by Gasteiger charge is 2.37. The van der Waals surface area contributed by atoms with Gasteiger partial charge in [0.1, 0.15) is 0 Å². The van der Waals surface area contributed by atoms with Crippen molar-refractivity contribution in [3.05, 3.63) is 167 Å². The van der Waals surface area contributed by atoms with Gasteiger partial charge in [-0.3, -0.25) is 0 Å². The SMILES string of the molecule is CC1(C)c2ccccc2-c2cc3c(cc21)-c1ccccc1C(c1ccc(-c2nc(-c4ccccc4)nc4ccccc24)cc1)C3. The maximum Gasteiger partial charge on any atom is 0.160 e. The molecule has 1 atom stereocenters. The van der Waals surface area contributed by atoms with Crippen LogP contribution in [0.5, 0.6) is 0 Å². The van der Waals surface area contributed by atoms with Gasteiger partial charge < -0.3 is 0 Å². The van der Waals surface area contributed by atoms with Gasteiger partial charge in [-0.25, -0.2) is 9.97 Å². The first-order valence-electron chi connectivity index (χ1n) is 15.9. The zero-order chi connectivity index (χ0) is 30.1. The highest BCUT2D eigenvalue weighted by atomic mass is 14.9. The molecular formula is C43H32N2. The second-order valence-corrected chi connectivity index (χ2v) is 13.0. The van der Waals surface area contributed by atoms with E-state index in [4.69, 9.17) is 9.97 Å². The van der Waals surface area contributed by atoms with Gasteiger partial charge in [0.2, 0.25) is 0 Å². The number of benzene rings is 6. The van der Waals surface area contributed by atoms with Gasteiger partial charge >= 0.3 is 0 Å². The Morgan fingerprint density at radius 3 is 2.11 bits per heavy atom. The number of fused-ring (bicyclic) bond motifs is 7. The van der Waals surface area contributed by atoms with Crippen LogP contribution >= 0.6 is 0 Å². The van der Waals surface area contributed by atoms with E-state index in [1.54, 1.807) is 0 Å². The van der Waals surface area contributed by atoms with Gasteiger partial charge in [-0.2, -0.15) is 0 Å². The maximum atomic E-state index is 5.10. The third-order valence-corrected chi connectivity index (χ3v) is 10.1. The van der Waals surface area contributed by atoms with E-state index in [9.17, 15) is 0 Å². The largest absolute Gasteiger partial charge is 0.228 e. The van der Waals surface area contributed by atoms with Gasteiger partial charge in [0.05, 0.1) is 11.2 Å². The third kappa shape index (κ3) is 4.02. The summed E-state index contributed by atoms with van der Waals surface area (Å²) in [6, 6.07) is 50.6. The van der Waals surface area contributed by atoms with Crippen LogP contribution in [0, 0.1) is 0 Å². The molecule has 1 heterocycles. The molecule has 0 N–H and O–H groups in total. The number of rotatable bonds is 3. The van der Waals surface area contributed by atoms with Crippen molar-refractivity contribution < 1.29 is 0 Å². The fraction of sp³-hybridized carbons (Fsp3) is 0.116. The van der Waals surface area contributed by atoms with Gasteiger partial charge in [0.25, 0.3) is 0 Å². The summed E-state index contributed by atoms with van der Waals surface area (Å²) in [6.45, 7) is 4.74. The van der Waals surface area contributed by atoms with Gasteiger partial charge in [-0.15, -0.1) is 0 Å². The number of hydrogen-bond acceptors (Lipinski definition) is 2. The lowest BCUT2D eigenvalue weighted by molar-refractivity contribution is 0.660. The topological polar surface area (TPSA) is 25.8 Å². The molecule has 0 fully saturated rings. The van der Waals surface area contributed by atoms with E-state index >= 15 is 0 Å². The van der Waals surface area contributed by atoms with E-state index in [-0.39, 0.29) is 11.3 Å². The van der Waals surface area contributed by atoms with Gasteiger partial charge in [-0.1, -0.05) is 141 Å². The van der Waals surface area contributed by atoms with Crippen LogP contribution in [0.1, 0.15) is 47.6 Å². The molecule has 2 heteroatoms. The van der Waals surface area contributed by atoms with E-state index in [2.05, 4.69) is 129 Å². The van der Waals surface area contributed by atoms with E-state index in [0.29, 0.717) is 0 Å². The number of hydrogen-bond donors (Lipinski definition) is 0. The molecule has 2 aliphatic carbocycles. The van der Waals surface area contributed by atoms with Crippen LogP contribution in [-0.2, 0) is 11.8 Å². The lowest BCUT2D eigenvalue weighted by Gasteiger charge is -2.30. The molecule has 2 aliphatic rings. The fourth-order valence-corrected chi connectivity index (χ4v) is 7.77. The van der Waals surface area contributed by atoms with Crippen molar-refractivity contribution in [2.45, 2.75) is 31.6 Å². The van der Waals surface area contributed by atoms with E-state index in [0.717, 1.165) is 40.0 Å². The van der Waals surface area contributed by atoms with E-state index in [1.807, 2.05) is 24.3 Å². The number of nitrogens with zero attached hydrogens (tertiary/aromatic N) is 2. The molecule has 6 aromatic carbocycles. The summed E-state index contributed by atoms with van der Waals surface area (Å²) in [5, 5.41) is 1.07. The van der Waals surface area contributed by atoms with Crippen molar-refractivity contribution >= 4 is 10.9 Å². The first kappa shape index (κ1) is 26.1. The first-order chi connectivity index (χ1) is 22.1. The molecule has 0 saturated carbocycles. The Kier molecular flexibility index (Phi) is 5.70. The van der Waals surface area contributed by atoms with Crippen LogP contribution in [0.2, 0.25) is 0 Å². The Hall–Kier alpha value is -5.34. The predicted molar refractivity (Wildman–Crippen MR) is 185 cm³/mol. The summed E-state index contributed by atoms with van der Waals surface area (Å²) in [7, 11) is 0. The summed E-state index contributed by atoms with van der Waals surface area (Å²) in [6.07, 6.45) is 0.982. The summed E-state index contributed by atoms with van der Waals surface area (Å²) in [5.74, 6) is 1.04. The molecule has 0 aliphatic heterocycles. The lowest BCUT2D eigenvalue weighted by atomic mass is 9.73. The Bertz CT molecular complexity index is 2260. The molecule has 1 aromatic heterocycles. The Morgan fingerprint density at radius 2 is 1.27 bits per heavy atom. The van der Waals surface area contributed by atoms with Crippen molar-refractivity contribution in [3.8, 4) is 44.9 Å². The number of aromatic nitrogens is 2. The van der Waals surface area contributed by atoms with Crippen molar-refractivity contribution in [3.63, 3.8) is 0 Å². The molecule has 2 nitrogen and oxygen atoms in total. The Balaban J connectivity index is 1.14. The summed E-state index contributed by atoms with van der Waals surface area (Å²) in [4.78, 5) is 10.0. The summed E-state index contributed by atoms with van der Waals surface area (Å²) in [5.41, 5.74) is 16.6. The van der Waals surface area contributed by atoms with Gasteiger partial charge in [-0.05, 0) is 68.6 Å². The van der Waals surface area contributed by atoms with Crippen LogP contribution in [-0.4, -0.2) is 9.97 Å². The molecule has 0 amide bonds. The minimum absolute atomic E-state index is 0.00583. The zero-order valence-corrected chi connectivity index (χ0v) is 25.5. The van der Waals surface area contributed by atoms with Gasteiger partial charge in [0, 0.05) is 27.8 Å². The van der Waals surface area contributed by atoms with Crippen LogP contribution in [0.3, 0.4) is 0 Å². The molecule has 9 rings (SSSR count). The second kappa shape index (κ2) is 9.84. The quantitative estimate of drug-likeness (QED) is 0.209. The van der Waals surface area contributed by atoms with Crippen LogP contribution in [0.15, 0.2) is 140 Å². The summed E-state index contributed by atoms with van der Waals surface area (Å²) < 4.78 is 0. The molecule has 7 aromatic rings. The highest BCUT2D eigenvalue weighted by molar-refractivity contribution is 5.94. The molecule has 1 unspecified atom stereocenters. The maximum absolute atomic E-state index is 5.10. The summed E-state index contributed by atoms with van der Waals surface area (Å²) >= 11 is 0. The molecule has 0 bridgehead atoms. The van der Waals surface area contributed by atoms with Crippen molar-refractivity contribution in [2.24, 2.45) is 0 Å². The van der Waals surface area contributed by atoms with Crippen LogP contribution < -0.4 is 0 Å². The fourth-order valence-electron chi connectivity index (χ4n) is 7.77. The molecule has 0 spiro atoms. The molecule has 214 valence electrons. The van der Waals surface area contributed by atoms with E-state index < -0.39 is 0 Å².